The van der Waals surface area contributed by atoms with E-state index in [-0.39, 0.29) is 5.28 Å². The molecule has 0 saturated heterocycles. The molecule has 3 nitrogen and oxygen atoms in total. The van der Waals surface area contributed by atoms with E-state index in [1.165, 1.54) is 5.56 Å². The summed E-state index contributed by atoms with van der Waals surface area (Å²) in [4.78, 5) is 8.22. The van der Waals surface area contributed by atoms with Crippen LogP contribution in [0.4, 0.5) is 11.5 Å². The van der Waals surface area contributed by atoms with Crippen LogP contribution in [0.15, 0.2) is 30.3 Å². The lowest BCUT2D eigenvalue weighted by Gasteiger charge is -2.11. The lowest BCUT2D eigenvalue weighted by atomic mass is 10.1. The van der Waals surface area contributed by atoms with Crippen LogP contribution in [0, 0.1) is 6.92 Å². The van der Waals surface area contributed by atoms with Crippen molar-refractivity contribution < 1.29 is 0 Å². The van der Waals surface area contributed by atoms with Crippen molar-refractivity contribution in [1.29, 1.82) is 0 Å². The molecule has 0 aliphatic rings. The highest BCUT2D eigenvalue weighted by atomic mass is 35.5. The Balaban J connectivity index is 2.27. The molecule has 0 unspecified atom stereocenters. The van der Waals surface area contributed by atoms with Gasteiger partial charge in [-0.25, -0.2) is 9.97 Å². The van der Waals surface area contributed by atoms with Crippen molar-refractivity contribution in [3.63, 3.8) is 0 Å². The van der Waals surface area contributed by atoms with Gasteiger partial charge in [-0.2, -0.15) is 0 Å². The predicted molar refractivity (Wildman–Crippen MR) is 75.5 cm³/mol. The monoisotopic (exact) mass is 261 g/mol. The molecule has 0 bridgehead atoms. The van der Waals surface area contributed by atoms with Crippen LogP contribution >= 0.6 is 11.6 Å². The van der Waals surface area contributed by atoms with Crippen LogP contribution < -0.4 is 5.32 Å². The molecular weight excluding hydrogens is 246 g/mol. The Morgan fingerprint density at radius 1 is 1.22 bits per heavy atom. The molecule has 0 atom stereocenters. The summed E-state index contributed by atoms with van der Waals surface area (Å²) in [5.74, 6) is 0.732. The van der Waals surface area contributed by atoms with Gasteiger partial charge >= 0.3 is 0 Å². The Hall–Kier alpha value is -1.61. The number of rotatable bonds is 4. The summed E-state index contributed by atoms with van der Waals surface area (Å²) in [6.45, 7) is 4.07. The minimum Gasteiger partial charge on any atom is -0.340 e. The molecule has 0 aliphatic heterocycles. The molecule has 94 valence electrons. The van der Waals surface area contributed by atoms with Crippen molar-refractivity contribution in [3.8, 4) is 0 Å². The standard InChI is InChI=1S/C14H16ClN3/c1-3-6-11-7-4-5-8-12(11)17-13-9-10(2)16-14(15)18-13/h4-5,7-9H,3,6H2,1-2H3,(H,16,17,18). The van der Waals surface area contributed by atoms with Crippen LogP contribution in [0.2, 0.25) is 5.28 Å². The van der Waals surface area contributed by atoms with E-state index in [4.69, 9.17) is 11.6 Å². The number of hydrogen-bond acceptors (Lipinski definition) is 3. The highest BCUT2D eigenvalue weighted by Gasteiger charge is 2.04. The number of benzene rings is 1. The van der Waals surface area contributed by atoms with Crippen molar-refractivity contribution in [2.24, 2.45) is 0 Å². The molecule has 0 amide bonds. The number of para-hydroxylation sites is 1. The van der Waals surface area contributed by atoms with Crippen LogP contribution in [0.1, 0.15) is 24.6 Å². The largest absolute Gasteiger partial charge is 0.340 e. The number of nitrogens with zero attached hydrogens (tertiary/aromatic N) is 2. The van der Waals surface area contributed by atoms with Gasteiger partial charge in [0.25, 0.3) is 0 Å². The summed E-state index contributed by atoms with van der Waals surface area (Å²) in [5.41, 5.74) is 3.21. The molecule has 2 rings (SSSR count). The number of nitrogens with one attached hydrogen (secondary N) is 1. The Bertz CT molecular complexity index is 520. The van der Waals surface area contributed by atoms with Gasteiger partial charge in [0.2, 0.25) is 5.28 Å². The number of aromatic nitrogens is 2. The zero-order valence-electron chi connectivity index (χ0n) is 10.6. The first kappa shape index (κ1) is 12.8. The molecular formula is C14H16ClN3. The SMILES string of the molecule is CCCc1ccccc1Nc1cc(C)nc(Cl)n1. The van der Waals surface area contributed by atoms with E-state index in [0.29, 0.717) is 0 Å². The number of aryl methyl sites for hydroxylation is 2. The van der Waals surface area contributed by atoms with E-state index in [0.717, 1.165) is 30.0 Å². The number of anilines is 2. The number of halogens is 1. The Morgan fingerprint density at radius 3 is 2.72 bits per heavy atom. The topological polar surface area (TPSA) is 37.8 Å². The quantitative estimate of drug-likeness (QED) is 0.841. The lowest BCUT2D eigenvalue weighted by molar-refractivity contribution is 0.923. The lowest BCUT2D eigenvalue weighted by Crippen LogP contribution is -1.99. The Kier molecular flexibility index (Phi) is 4.15. The highest BCUT2D eigenvalue weighted by molar-refractivity contribution is 6.28. The minimum atomic E-state index is 0.269. The smallest absolute Gasteiger partial charge is 0.224 e. The van der Waals surface area contributed by atoms with E-state index in [1.54, 1.807) is 0 Å². The molecule has 1 N–H and O–H groups in total. The Labute approximate surface area is 112 Å². The van der Waals surface area contributed by atoms with Crippen LogP contribution in [0.3, 0.4) is 0 Å². The van der Waals surface area contributed by atoms with Crippen molar-refractivity contribution in [2.75, 3.05) is 5.32 Å². The van der Waals surface area contributed by atoms with Gasteiger partial charge in [0.05, 0.1) is 0 Å². The van der Waals surface area contributed by atoms with Gasteiger partial charge in [0.1, 0.15) is 5.82 Å². The van der Waals surface area contributed by atoms with Crippen LogP contribution in [-0.4, -0.2) is 9.97 Å². The molecule has 0 spiro atoms. The van der Waals surface area contributed by atoms with Gasteiger partial charge < -0.3 is 5.32 Å². The molecule has 0 radical (unpaired) electrons. The second kappa shape index (κ2) is 5.83. The summed E-state index contributed by atoms with van der Waals surface area (Å²) in [7, 11) is 0. The summed E-state index contributed by atoms with van der Waals surface area (Å²) in [5, 5.41) is 3.57. The van der Waals surface area contributed by atoms with Gasteiger partial charge in [-0.15, -0.1) is 0 Å². The van der Waals surface area contributed by atoms with Gasteiger partial charge in [-0.3, -0.25) is 0 Å². The van der Waals surface area contributed by atoms with Crippen LogP contribution in [-0.2, 0) is 6.42 Å². The van der Waals surface area contributed by atoms with Gasteiger partial charge in [0, 0.05) is 17.4 Å². The first-order chi connectivity index (χ1) is 8.69. The third-order valence-electron chi connectivity index (χ3n) is 2.63. The zero-order valence-corrected chi connectivity index (χ0v) is 11.3. The van der Waals surface area contributed by atoms with Crippen molar-refractivity contribution in [3.05, 3.63) is 46.9 Å². The van der Waals surface area contributed by atoms with Crippen LogP contribution in [0.25, 0.3) is 0 Å². The van der Waals surface area contributed by atoms with Crippen molar-refractivity contribution in [2.45, 2.75) is 26.7 Å². The normalized spacial score (nSPS) is 10.4. The molecule has 1 aromatic carbocycles. The van der Waals surface area contributed by atoms with E-state index >= 15 is 0 Å². The molecule has 0 fully saturated rings. The fourth-order valence-corrected chi connectivity index (χ4v) is 2.09. The predicted octanol–water partition coefficient (Wildman–Crippen LogP) is 4.13. The first-order valence-electron chi connectivity index (χ1n) is 6.05. The van der Waals surface area contributed by atoms with Crippen molar-refractivity contribution in [1.82, 2.24) is 9.97 Å². The highest BCUT2D eigenvalue weighted by Crippen LogP contribution is 2.21. The summed E-state index contributed by atoms with van der Waals surface area (Å²) in [6.07, 6.45) is 2.16. The van der Waals surface area contributed by atoms with Gasteiger partial charge in [-0.05, 0) is 36.6 Å². The van der Waals surface area contributed by atoms with Crippen molar-refractivity contribution >= 4 is 23.1 Å². The summed E-state index contributed by atoms with van der Waals surface area (Å²) < 4.78 is 0. The fraction of sp³-hybridized carbons (Fsp3) is 0.286. The molecule has 1 heterocycles. The average molecular weight is 262 g/mol. The summed E-state index contributed by atoms with van der Waals surface area (Å²) in [6, 6.07) is 10.1. The van der Waals surface area contributed by atoms with E-state index in [1.807, 2.05) is 25.1 Å². The van der Waals surface area contributed by atoms with E-state index < -0.39 is 0 Å². The average Bonchev–Trinajstić information content (AvgIpc) is 2.30. The van der Waals surface area contributed by atoms with Gasteiger partial charge in [0.15, 0.2) is 0 Å². The van der Waals surface area contributed by atoms with E-state index in [2.05, 4.69) is 34.3 Å². The summed E-state index contributed by atoms with van der Waals surface area (Å²) >= 11 is 5.86. The molecule has 4 heteroatoms. The minimum absolute atomic E-state index is 0.269. The maximum Gasteiger partial charge on any atom is 0.224 e. The zero-order chi connectivity index (χ0) is 13.0. The molecule has 0 saturated carbocycles. The van der Waals surface area contributed by atoms with Crippen LogP contribution in [0.5, 0.6) is 0 Å². The molecule has 0 aliphatic carbocycles. The Morgan fingerprint density at radius 2 is 2.00 bits per heavy atom. The first-order valence-corrected chi connectivity index (χ1v) is 6.43. The van der Waals surface area contributed by atoms with Gasteiger partial charge in [-0.1, -0.05) is 31.5 Å². The third-order valence-corrected chi connectivity index (χ3v) is 2.80. The second-order valence-corrected chi connectivity index (χ2v) is 4.53. The third kappa shape index (κ3) is 3.20. The molecule has 18 heavy (non-hydrogen) atoms. The number of hydrogen-bond donors (Lipinski definition) is 1. The fourth-order valence-electron chi connectivity index (χ4n) is 1.86. The molecule has 1 aromatic heterocycles. The van der Waals surface area contributed by atoms with E-state index in [9.17, 15) is 0 Å². The second-order valence-electron chi connectivity index (χ2n) is 4.20. The maximum absolute atomic E-state index is 5.86. The molecule has 2 aromatic rings. The maximum atomic E-state index is 5.86.